The van der Waals surface area contributed by atoms with Crippen molar-refractivity contribution in [2.45, 2.75) is 6.92 Å². The van der Waals surface area contributed by atoms with Crippen molar-refractivity contribution in [1.29, 1.82) is 0 Å². The summed E-state index contributed by atoms with van der Waals surface area (Å²) in [6, 6.07) is 5.09. The number of para-hydroxylation sites is 1. The van der Waals surface area contributed by atoms with Crippen LogP contribution in [0.1, 0.15) is 12.5 Å². The second-order valence-corrected chi connectivity index (χ2v) is 3.88. The minimum atomic E-state index is -1.08. The van der Waals surface area contributed by atoms with Crippen molar-refractivity contribution in [3.05, 3.63) is 23.8 Å². The molecule has 0 bridgehead atoms. The molecule has 1 aromatic rings. The predicted octanol–water partition coefficient (Wildman–Crippen LogP) is -1.48. The molecular weight excluding hydrogens is 340 g/mol. The fourth-order valence-corrected chi connectivity index (χ4v) is 1.31. The first-order chi connectivity index (χ1) is 10.0. The van der Waals surface area contributed by atoms with Gasteiger partial charge in [0.2, 0.25) is 0 Å². The number of nitrogens with one attached hydrogen (secondary N) is 1. The van der Waals surface area contributed by atoms with E-state index in [2.05, 4.69) is 10.3 Å². The Bertz CT molecular complexity index is 451. The number of hydrogen-bond acceptors (Lipinski definition) is 7. The first-order valence-corrected chi connectivity index (χ1v) is 6.36. The van der Waals surface area contributed by atoms with Gasteiger partial charge in [-0.1, -0.05) is 17.9 Å². The molecule has 7 nitrogen and oxygen atoms in total. The Balaban J connectivity index is 0. The summed E-state index contributed by atoms with van der Waals surface area (Å²) in [6.07, 6.45) is 1.55. The fourth-order valence-electron chi connectivity index (χ4n) is 1.31. The minimum absolute atomic E-state index is 0. The Morgan fingerprint density at radius 3 is 2.64 bits per heavy atom. The van der Waals surface area contributed by atoms with Crippen molar-refractivity contribution >= 4 is 12.2 Å². The van der Waals surface area contributed by atoms with Gasteiger partial charge < -0.3 is 30.2 Å². The molecule has 1 rings (SSSR count). The van der Waals surface area contributed by atoms with Gasteiger partial charge in [-0.2, -0.15) is 0 Å². The van der Waals surface area contributed by atoms with Crippen LogP contribution in [0.5, 0.6) is 11.5 Å². The average molecular weight is 360 g/mol. The second kappa shape index (κ2) is 14.3. The average Bonchev–Trinajstić information content (AvgIpc) is 2.43. The summed E-state index contributed by atoms with van der Waals surface area (Å²) in [4.78, 5) is 13.0. The van der Waals surface area contributed by atoms with E-state index in [1.807, 2.05) is 0 Å². The summed E-state index contributed by atoms with van der Waals surface area (Å²) in [5, 5.41) is 32.1. The first kappa shape index (κ1) is 22.7. The van der Waals surface area contributed by atoms with Gasteiger partial charge in [-0.3, -0.25) is 4.99 Å². The van der Waals surface area contributed by atoms with Crippen molar-refractivity contribution in [1.82, 2.24) is 5.32 Å². The van der Waals surface area contributed by atoms with Crippen LogP contribution in [0.15, 0.2) is 23.2 Å². The smallest absolute Gasteiger partial charge is 0.870 e. The van der Waals surface area contributed by atoms with Gasteiger partial charge in [-0.25, -0.2) is 0 Å². The molecule has 0 amide bonds. The zero-order chi connectivity index (χ0) is 16.1. The Morgan fingerprint density at radius 1 is 1.45 bits per heavy atom. The van der Waals surface area contributed by atoms with Crippen molar-refractivity contribution in [2.24, 2.45) is 4.99 Å². The number of carboxylic acids is 1. The van der Waals surface area contributed by atoms with E-state index < -0.39 is 5.97 Å². The number of aliphatic hydroxyl groups is 1. The van der Waals surface area contributed by atoms with Gasteiger partial charge in [-0.05, 0) is 18.6 Å². The van der Waals surface area contributed by atoms with E-state index in [9.17, 15) is 5.11 Å². The molecule has 2 N–H and O–H groups in total. The molecule has 0 aliphatic heterocycles. The molecule has 0 fully saturated rings. The molecule has 0 heterocycles. The molecule has 22 heavy (non-hydrogen) atoms. The van der Waals surface area contributed by atoms with E-state index in [0.29, 0.717) is 30.9 Å². The van der Waals surface area contributed by atoms with Crippen LogP contribution in [0.4, 0.5) is 0 Å². The maximum absolute atomic E-state index is 11.7. The molecule has 0 spiro atoms. The van der Waals surface area contributed by atoms with Crippen LogP contribution < -0.4 is 20.3 Å². The van der Waals surface area contributed by atoms with E-state index in [0.717, 1.165) is 6.92 Å². The Hall–Kier alpha value is -1.60. The number of benzene rings is 1. The van der Waals surface area contributed by atoms with Crippen LogP contribution in [0, 0.1) is 0 Å². The summed E-state index contributed by atoms with van der Waals surface area (Å²) in [5.41, 5.74) is 0.520. The molecule has 1 radical (unpaired) electrons. The van der Waals surface area contributed by atoms with Gasteiger partial charge in [0.1, 0.15) is 5.75 Å². The number of carbonyl (C=O) groups excluding carboxylic acids is 1. The molecule has 0 aromatic heterocycles. The maximum Gasteiger partial charge on any atom is 2.00 e. The van der Waals surface area contributed by atoms with Gasteiger partial charge in [0, 0.05) is 25.3 Å². The Labute approximate surface area is 140 Å². The van der Waals surface area contributed by atoms with E-state index in [1.54, 1.807) is 24.4 Å². The zero-order valence-corrected chi connectivity index (χ0v) is 13.4. The standard InChI is InChI=1S/C12H18N2O3.C2H4O2.Cu/c1-17-11-4-2-3-10(12(11)16)9-14-6-5-13-7-8-15;1-2(3)4;/h2-4,9,13,15-16H,5-8H2,1H3;1H3,(H,3,4);/q;;+2/p-2. The molecular formula is C14H20CuN2O5. The molecule has 0 atom stereocenters. The molecule has 0 unspecified atom stereocenters. The van der Waals surface area contributed by atoms with E-state index in [-0.39, 0.29) is 29.4 Å². The summed E-state index contributed by atoms with van der Waals surface area (Å²) in [5.74, 6) is -0.908. The Morgan fingerprint density at radius 2 is 2.09 bits per heavy atom. The minimum Gasteiger partial charge on any atom is -0.870 e. The number of methoxy groups -OCH3 is 1. The first-order valence-electron chi connectivity index (χ1n) is 6.36. The number of carbonyl (C=O) groups is 1. The molecule has 0 aliphatic rings. The van der Waals surface area contributed by atoms with Crippen molar-refractivity contribution in [3.63, 3.8) is 0 Å². The molecule has 1 aromatic carbocycles. The SMILES string of the molecule is CC(=O)[O-].COc1cccc(C=NCCNCCO)c1[O-].[Cu+2]. The van der Waals surface area contributed by atoms with Crippen LogP contribution >= 0.6 is 0 Å². The van der Waals surface area contributed by atoms with Crippen LogP contribution in [0.3, 0.4) is 0 Å². The number of aliphatic carboxylic acids is 1. The topological polar surface area (TPSA) is 117 Å². The quantitative estimate of drug-likeness (QED) is 0.348. The number of hydrogen-bond donors (Lipinski definition) is 2. The summed E-state index contributed by atoms with van der Waals surface area (Å²) in [6.45, 7) is 2.89. The number of nitrogens with zero attached hydrogens (tertiary/aromatic N) is 1. The van der Waals surface area contributed by atoms with Crippen LogP contribution in [0.25, 0.3) is 0 Å². The van der Waals surface area contributed by atoms with Crippen LogP contribution in [0.2, 0.25) is 0 Å². The fraction of sp³-hybridized carbons (Fsp3) is 0.429. The summed E-state index contributed by atoms with van der Waals surface area (Å²) >= 11 is 0. The van der Waals surface area contributed by atoms with Gasteiger partial charge in [0.05, 0.1) is 20.3 Å². The Kier molecular flexibility index (Phi) is 14.8. The van der Waals surface area contributed by atoms with Crippen molar-refractivity contribution < 1.29 is 41.9 Å². The number of aliphatic hydroxyl groups excluding tert-OH is 1. The molecule has 0 aliphatic carbocycles. The normalized spacial score (nSPS) is 9.59. The van der Waals surface area contributed by atoms with Gasteiger partial charge in [0.25, 0.3) is 0 Å². The van der Waals surface area contributed by atoms with Gasteiger partial charge >= 0.3 is 17.1 Å². The third-order valence-electron chi connectivity index (χ3n) is 2.17. The van der Waals surface area contributed by atoms with Crippen molar-refractivity contribution in [2.75, 3.05) is 33.4 Å². The zero-order valence-electron chi connectivity index (χ0n) is 12.5. The number of ether oxygens (including phenoxy) is 1. The second-order valence-electron chi connectivity index (χ2n) is 3.88. The monoisotopic (exact) mass is 359 g/mol. The molecule has 8 heteroatoms. The summed E-state index contributed by atoms with van der Waals surface area (Å²) in [7, 11) is 1.47. The van der Waals surface area contributed by atoms with E-state index in [4.69, 9.17) is 19.7 Å². The molecule has 0 saturated heterocycles. The molecule has 0 saturated carbocycles. The number of carboxylic acid groups (broad SMARTS) is 1. The van der Waals surface area contributed by atoms with Gasteiger partial charge in [-0.15, -0.1) is 0 Å². The van der Waals surface area contributed by atoms with Gasteiger partial charge in [0.15, 0.2) is 0 Å². The summed E-state index contributed by atoms with van der Waals surface area (Å²) < 4.78 is 4.93. The van der Waals surface area contributed by atoms with E-state index in [1.165, 1.54) is 7.11 Å². The van der Waals surface area contributed by atoms with Crippen LogP contribution in [-0.2, 0) is 21.9 Å². The van der Waals surface area contributed by atoms with Crippen LogP contribution in [-0.4, -0.2) is 50.6 Å². The number of aliphatic imine (C=N–C) groups is 1. The van der Waals surface area contributed by atoms with Crippen molar-refractivity contribution in [3.8, 4) is 11.5 Å². The number of rotatable bonds is 7. The molecule has 127 valence electrons. The maximum atomic E-state index is 11.7. The predicted molar refractivity (Wildman–Crippen MR) is 75.5 cm³/mol. The largest absolute Gasteiger partial charge is 2.00 e. The third-order valence-corrected chi connectivity index (χ3v) is 2.17. The van der Waals surface area contributed by atoms with E-state index >= 15 is 0 Å². The third kappa shape index (κ3) is 11.1.